The van der Waals surface area contributed by atoms with Crippen LogP contribution in [0.25, 0.3) is 11.1 Å². The standard InChI is InChI=1S/C16H15NO/c1-11-4-5-16(12(2)6-11)14-7-13(10-17)8-15(9-14)18-3/h4-9H,1-3H3. The molecule has 0 amide bonds. The van der Waals surface area contributed by atoms with Crippen molar-refractivity contribution in [2.24, 2.45) is 0 Å². The summed E-state index contributed by atoms with van der Waals surface area (Å²) in [5.74, 6) is 0.712. The van der Waals surface area contributed by atoms with Crippen molar-refractivity contribution in [2.75, 3.05) is 7.11 Å². The van der Waals surface area contributed by atoms with E-state index in [4.69, 9.17) is 10.00 Å². The Morgan fingerprint density at radius 2 is 1.83 bits per heavy atom. The summed E-state index contributed by atoms with van der Waals surface area (Å²) < 4.78 is 5.23. The van der Waals surface area contributed by atoms with Crippen LogP contribution in [-0.4, -0.2) is 7.11 Å². The minimum atomic E-state index is 0.615. The normalized spacial score (nSPS) is 9.89. The van der Waals surface area contributed by atoms with Crippen molar-refractivity contribution in [1.82, 2.24) is 0 Å². The van der Waals surface area contributed by atoms with Crippen LogP contribution in [0.3, 0.4) is 0 Å². The average Bonchev–Trinajstić information content (AvgIpc) is 2.38. The van der Waals surface area contributed by atoms with Crippen molar-refractivity contribution in [1.29, 1.82) is 5.26 Å². The molecule has 2 aromatic rings. The highest BCUT2D eigenvalue weighted by molar-refractivity contribution is 5.70. The molecular weight excluding hydrogens is 222 g/mol. The summed E-state index contributed by atoms with van der Waals surface area (Å²) in [6.45, 7) is 4.15. The quantitative estimate of drug-likeness (QED) is 0.794. The third-order valence-corrected chi connectivity index (χ3v) is 2.96. The van der Waals surface area contributed by atoms with E-state index < -0.39 is 0 Å². The van der Waals surface area contributed by atoms with Gasteiger partial charge in [-0.25, -0.2) is 0 Å². The minimum absolute atomic E-state index is 0.615. The molecule has 2 aromatic carbocycles. The van der Waals surface area contributed by atoms with Crippen LogP contribution in [-0.2, 0) is 0 Å². The zero-order valence-electron chi connectivity index (χ0n) is 10.8. The zero-order valence-corrected chi connectivity index (χ0v) is 10.8. The second-order valence-electron chi connectivity index (χ2n) is 4.38. The maximum Gasteiger partial charge on any atom is 0.120 e. The van der Waals surface area contributed by atoms with Crippen LogP contribution >= 0.6 is 0 Å². The lowest BCUT2D eigenvalue weighted by molar-refractivity contribution is 0.415. The molecule has 0 N–H and O–H groups in total. The van der Waals surface area contributed by atoms with E-state index in [2.05, 4.69) is 38.1 Å². The summed E-state index contributed by atoms with van der Waals surface area (Å²) in [7, 11) is 1.61. The van der Waals surface area contributed by atoms with Gasteiger partial charge in [-0.05, 0) is 48.7 Å². The smallest absolute Gasteiger partial charge is 0.120 e. The summed E-state index contributed by atoms with van der Waals surface area (Å²) >= 11 is 0. The number of benzene rings is 2. The van der Waals surface area contributed by atoms with Crippen LogP contribution in [0.4, 0.5) is 0 Å². The Balaban J connectivity index is 2.60. The molecule has 0 spiro atoms. The van der Waals surface area contributed by atoms with Gasteiger partial charge in [0.2, 0.25) is 0 Å². The molecule has 0 unspecified atom stereocenters. The first-order chi connectivity index (χ1) is 8.63. The molecule has 0 bridgehead atoms. The third-order valence-electron chi connectivity index (χ3n) is 2.96. The van der Waals surface area contributed by atoms with Gasteiger partial charge in [0.1, 0.15) is 5.75 Å². The molecule has 0 saturated heterocycles. The maximum absolute atomic E-state index is 9.04. The lowest BCUT2D eigenvalue weighted by atomic mass is 9.97. The van der Waals surface area contributed by atoms with E-state index in [9.17, 15) is 0 Å². The SMILES string of the molecule is COc1cc(C#N)cc(-c2ccc(C)cc2C)c1. The van der Waals surface area contributed by atoms with Gasteiger partial charge in [0.15, 0.2) is 0 Å². The van der Waals surface area contributed by atoms with Crippen molar-refractivity contribution in [2.45, 2.75) is 13.8 Å². The summed E-state index contributed by atoms with van der Waals surface area (Å²) in [6, 6.07) is 14.1. The number of nitrogens with zero attached hydrogens (tertiary/aromatic N) is 1. The van der Waals surface area contributed by atoms with Gasteiger partial charge in [-0.15, -0.1) is 0 Å². The van der Waals surface area contributed by atoms with Gasteiger partial charge >= 0.3 is 0 Å². The molecule has 0 atom stereocenters. The van der Waals surface area contributed by atoms with Gasteiger partial charge in [0, 0.05) is 0 Å². The largest absolute Gasteiger partial charge is 0.497 e. The highest BCUT2D eigenvalue weighted by Crippen LogP contribution is 2.28. The first-order valence-electron chi connectivity index (χ1n) is 5.81. The first-order valence-corrected chi connectivity index (χ1v) is 5.81. The number of aryl methyl sites for hydroxylation is 2. The highest BCUT2D eigenvalue weighted by Gasteiger charge is 2.06. The van der Waals surface area contributed by atoms with Crippen LogP contribution in [0.1, 0.15) is 16.7 Å². The number of methoxy groups -OCH3 is 1. The fraction of sp³-hybridized carbons (Fsp3) is 0.188. The summed E-state index contributed by atoms with van der Waals surface area (Å²) in [5.41, 5.74) is 5.20. The van der Waals surface area contributed by atoms with Crippen LogP contribution in [0.5, 0.6) is 5.75 Å². The third kappa shape index (κ3) is 2.36. The fourth-order valence-corrected chi connectivity index (χ4v) is 2.07. The Labute approximate surface area is 107 Å². The molecule has 0 saturated carbocycles. The van der Waals surface area contributed by atoms with Gasteiger partial charge in [0.25, 0.3) is 0 Å². The lowest BCUT2D eigenvalue weighted by Gasteiger charge is -2.09. The molecule has 2 nitrogen and oxygen atoms in total. The van der Waals surface area contributed by atoms with Crippen molar-refractivity contribution in [3.63, 3.8) is 0 Å². The number of ether oxygens (including phenoxy) is 1. The van der Waals surface area contributed by atoms with Crippen molar-refractivity contribution in [3.8, 4) is 22.9 Å². The molecule has 90 valence electrons. The summed E-state index contributed by atoms with van der Waals surface area (Å²) in [5, 5.41) is 9.04. The topological polar surface area (TPSA) is 33.0 Å². The number of hydrogen-bond acceptors (Lipinski definition) is 2. The average molecular weight is 237 g/mol. The first kappa shape index (κ1) is 12.2. The second-order valence-corrected chi connectivity index (χ2v) is 4.38. The van der Waals surface area contributed by atoms with Crippen molar-refractivity contribution in [3.05, 3.63) is 53.1 Å². The maximum atomic E-state index is 9.04. The summed E-state index contributed by atoms with van der Waals surface area (Å²) in [6.07, 6.45) is 0. The monoisotopic (exact) mass is 237 g/mol. The molecule has 0 radical (unpaired) electrons. The second kappa shape index (κ2) is 4.93. The van der Waals surface area contributed by atoms with E-state index in [1.165, 1.54) is 11.1 Å². The Morgan fingerprint density at radius 3 is 2.44 bits per heavy atom. The van der Waals surface area contributed by atoms with Gasteiger partial charge in [-0.3, -0.25) is 0 Å². The molecule has 2 rings (SSSR count). The van der Waals surface area contributed by atoms with Gasteiger partial charge in [-0.2, -0.15) is 5.26 Å². The lowest BCUT2D eigenvalue weighted by Crippen LogP contribution is -1.89. The van der Waals surface area contributed by atoms with E-state index >= 15 is 0 Å². The number of nitriles is 1. The van der Waals surface area contributed by atoms with Crippen LogP contribution < -0.4 is 4.74 Å². The number of rotatable bonds is 2. The zero-order chi connectivity index (χ0) is 13.1. The molecule has 0 aromatic heterocycles. The van der Waals surface area contributed by atoms with E-state index in [1.54, 1.807) is 13.2 Å². The van der Waals surface area contributed by atoms with Gasteiger partial charge in [0.05, 0.1) is 18.7 Å². The molecule has 0 heterocycles. The molecule has 0 fully saturated rings. The Hall–Kier alpha value is -2.27. The van der Waals surface area contributed by atoms with E-state index in [1.807, 2.05) is 12.1 Å². The molecule has 0 aliphatic rings. The van der Waals surface area contributed by atoms with Crippen molar-refractivity contribution >= 4 is 0 Å². The predicted molar refractivity (Wildman–Crippen MR) is 72.6 cm³/mol. The van der Waals surface area contributed by atoms with Crippen LogP contribution in [0.2, 0.25) is 0 Å². The summed E-state index contributed by atoms with van der Waals surface area (Å²) in [4.78, 5) is 0. The van der Waals surface area contributed by atoms with E-state index in [0.717, 1.165) is 11.1 Å². The Bertz CT molecular complexity index is 623. The van der Waals surface area contributed by atoms with E-state index in [0.29, 0.717) is 11.3 Å². The van der Waals surface area contributed by atoms with Gasteiger partial charge < -0.3 is 4.74 Å². The van der Waals surface area contributed by atoms with Crippen LogP contribution in [0.15, 0.2) is 36.4 Å². The Morgan fingerprint density at radius 1 is 1.06 bits per heavy atom. The predicted octanol–water partition coefficient (Wildman–Crippen LogP) is 3.85. The molecule has 0 aliphatic heterocycles. The molecule has 18 heavy (non-hydrogen) atoms. The fourth-order valence-electron chi connectivity index (χ4n) is 2.07. The number of hydrogen-bond donors (Lipinski definition) is 0. The van der Waals surface area contributed by atoms with Crippen LogP contribution in [0, 0.1) is 25.2 Å². The molecular formula is C16H15NO. The van der Waals surface area contributed by atoms with E-state index in [-0.39, 0.29) is 0 Å². The highest BCUT2D eigenvalue weighted by atomic mass is 16.5. The molecule has 2 heteroatoms. The van der Waals surface area contributed by atoms with Crippen molar-refractivity contribution < 1.29 is 4.74 Å². The Kier molecular flexibility index (Phi) is 3.34. The van der Waals surface area contributed by atoms with Gasteiger partial charge in [-0.1, -0.05) is 23.8 Å². The molecule has 0 aliphatic carbocycles. The minimum Gasteiger partial charge on any atom is -0.497 e.